The molecule has 0 aliphatic carbocycles. The van der Waals surface area contributed by atoms with Gasteiger partial charge in [-0.25, -0.2) is 4.99 Å². The third kappa shape index (κ3) is 2.02. The van der Waals surface area contributed by atoms with Crippen LogP contribution in [0.2, 0.25) is 0 Å². The number of hydrogen-bond donors (Lipinski definition) is 0. The van der Waals surface area contributed by atoms with Crippen molar-refractivity contribution >= 4 is 34.6 Å². The molecule has 0 spiro atoms. The van der Waals surface area contributed by atoms with Gasteiger partial charge in [0.05, 0.1) is 12.8 Å². The predicted octanol–water partition coefficient (Wildman–Crippen LogP) is 3.54. The van der Waals surface area contributed by atoms with Crippen LogP contribution in [0.15, 0.2) is 64.1 Å². The highest BCUT2D eigenvalue weighted by atomic mass is 32.2. The van der Waals surface area contributed by atoms with Crippen molar-refractivity contribution in [2.75, 3.05) is 12.0 Å². The molecule has 0 N–H and O–H groups in total. The van der Waals surface area contributed by atoms with E-state index < -0.39 is 0 Å². The number of carbonyl (C=O) groups excluding carboxylic acids is 1. The summed E-state index contributed by atoms with van der Waals surface area (Å²) < 4.78 is 5.22. The average molecular weight is 308 g/mol. The molecule has 22 heavy (non-hydrogen) atoms. The highest BCUT2D eigenvalue weighted by molar-refractivity contribution is 8.15. The molecule has 0 unspecified atom stereocenters. The van der Waals surface area contributed by atoms with Gasteiger partial charge < -0.3 is 4.74 Å². The molecule has 2 aliphatic heterocycles. The SMILES string of the molecule is COc1ccc2c(c1)SC1=N/C(=C\c3ccccc3)C(=O)N12. The molecule has 2 aliphatic rings. The van der Waals surface area contributed by atoms with Gasteiger partial charge in [-0.15, -0.1) is 0 Å². The number of benzene rings is 2. The van der Waals surface area contributed by atoms with Gasteiger partial charge in [0.15, 0.2) is 5.17 Å². The van der Waals surface area contributed by atoms with Crippen LogP contribution in [0.4, 0.5) is 5.69 Å². The number of aliphatic imine (C=N–C) groups is 1. The Bertz CT molecular complexity index is 828. The van der Waals surface area contributed by atoms with Crippen molar-refractivity contribution < 1.29 is 9.53 Å². The number of rotatable bonds is 2. The van der Waals surface area contributed by atoms with Gasteiger partial charge in [0, 0.05) is 4.90 Å². The molecule has 0 radical (unpaired) electrons. The van der Waals surface area contributed by atoms with Gasteiger partial charge >= 0.3 is 0 Å². The fourth-order valence-corrected chi connectivity index (χ4v) is 3.52. The number of fused-ring (bicyclic) bond motifs is 3. The zero-order valence-electron chi connectivity index (χ0n) is 11.8. The molecule has 0 aromatic heterocycles. The van der Waals surface area contributed by atoms with E-state index >= 15 is 0 Å². The van der Waals surface area contributed by atoms with Gasteiger partial charge in [-0.05, 0) is 41.6 Å². The largest absolute Gasteiger partial charge is 0.497 e. The second kappa shape index (κ2) is 5.03. The first kappa shape index (κ1) is 13.2. The molecule has 0 saturated heterocycles. The molecule has 4 rings (SSSR count). The molecule has 4 nitrogen and oxygen atoms in total. The lowest BCUT2D eigenvalue weighted by Crippen LogP contribution is -2.26. The van der Waals surface area contributed by atoms with E-state index in [1.165, 1.54) is 11.8 Å². The van der Waals surface area contributed by atoms with Crippen LogP contribution >= 0.6 is 11.8 Å². The van der Waals surface area contributed by atoms with Gasteiger partial charge in [0.2, 0.25) is 0 Å². The fraction of sp³-hybridized carbons (Fsp3) is 0.0588. The molecule has 2 aromatic carbocycles. The van der Waals surface area contributed by atoms with E-state index in [0.717, 1.165) is 21.9 Å². The van der Waals surface area contributed by atoms with Crippen LogP contribution < -0.4 is 9.64 Å². The van der Waals surface area contributed by atoms with Crippen molar-refractivity contribution in [1.82, 2.24) is 0 Å². The summed E-state index contributed by atoms with van der Waals surface area (Å²) in [4.78, 5) is 19.7. The summed E-state index contributed by atoms with van der Waals surface area (Å²) in [6.45, 7) is 0. The highest BCUT2D eigenvalue weighted by Gasteiger charge is 2.38. The lowest BCUT2D eigenvalue weighted by molar-refractivity contribution is -0.113. The molecular formula is C17H12N2O2S. The molecule has 0 atom stereocenters. The van der Waals surface area contributed by atoms with Crippen molar-refractivity contribution in [3.8, 4) is 5.75 Å². The van der Waals surface area contributed by atoms with E-state index in [2.05, 4.69) is 4.99 Å². The summed E-state index contributed by atoms with van der Waals surface area (Å²) in [7, 11) is 1.63. The van der Waals surface area contributed by atoms with Crippen LogP contribution in [-0.2, 0) is 4.79 Å². The molecule has 0 fully saturated rings. The molecule has 2 heterocycles. The van der Waals surface area contributed by atoms with Crippen molar-refractivity contribution in [2.24, 2.45) is 4.99 Å². The Kier molecular flexibility index (Phi) is 3.01. The van der Waals surface area contributed by atoms with E-state index in [9.17, 15) is 4.79 Å². The van der Waals surface area contributed by atoms with Crippen LogP contribution in [0.1, 0.15) is 5.56 Å². The van der Waals surface area contributed by atoms with Crippen molar-refractivity contribution in [3.63, 3.8) is 0 Å². The Hall–Kier alpha value is -2.53. The van der Waals surface area contributed by atoms with Crippen molar-refractivity contribution in [1.29, 1.82) is 0 Å². The second-order valence-electron chi connectivity index (χ2n) is 4.91. The van der Waals surface area contributed by atoms with Gasteiger partial charge in [-0.1, -0.05) is 30.3 Å². The van der Waals surface area contributed by atoms with Crippen LogP contribution in [-0.4, -0.2) is 18.2 Å². The Morgan fingerprint density at radius 1 is 1.18 bits per heavy atom. The van der Waals surface area contributed by atoms with E-state index in [0.29, 0.717) is 10.9 Å². The minimum Gasteiger partial charge on any atom is -0.497 e. The molecule has 1 amide bonds. The summed E-state index contributed by atoms with van der Waals surface area (Å²) in [5, 5.41) is 0.704. The number of carbonyl (C=O) groups is 1. The van der Waals surface area contributed by atoms with Crippen molar-refractivity contribution in [3.05, 3.63) is 59.8 Å². The number of ether oxygens (including phenoxy) is 1. The first-order valence-electron chi connectivity index (χ1n) is 6.82. The average Bonchev–Trinajstić information content (AvgIpc) is 3.04. The Labute approximate surface area is 132 Å². The Morgan fingerprint density at radius 3 is 2.77 bits per heavy atom. The molecule has 108 valence electrons. The lowest BCUT2D eigenvalue weighted by Gasteiger charge is -2.10. The summed E-state index contributed by atoms with van der Waals surface area (Å²) in [5.41, 5.74) is 2.30. The van der Waals surface area contributed by atoms with E-state index in [1.807, 2.05) is 54.6 Å². The van der Waals surface area contributed by atoms with E-state index in [1.54, 1.807) is 12.0 Å². The minimum atomic E-state index is -0.0877. The lowest BCUT2D eigenvalue weighted by atomic mass is 10.2. The normalized spacial score (nSPS) is 17.5. The van der Waals surface area contributed by atoms with Crippen LogP contribution in [0, 0.1) is 0 Å². The molecule has 5 heteroatoms. The first-order chi connectivity index (χ1) is 10.8. The number of nitrogens with zero attached hydrogens (tertiary/aromatic N) is 2. The number of hydrogen-bond acceptors (Lipinski definition) is 4. The quantitative estimate of drug-likeness (QED) is 0.797. The van der Waals surface area contributed by atoms with Gasteiger partial charge in [-0.3, -0.25) is 9.69 Å². The van der Waals surface area contributed by atoms with Crippen LogP contribution in [0.5, 0.6) is 5.75 Å². The number of thioether (sulfide) groups is 1. The Balaban J connectivity index is 1.71. The first-order valence-corrected chi connectivity index (χ1v) is 7.64. The number of anilines is 1. The maximum atomic E-state index is 12.6. The molecule has 2 aromatic rings. The summed E-state index contributed by atoms with van der Waals surface area (Å²) in [6, 6.07) is 15.4. The summed E-state index contributed by atoms with van der Waals surface area (Å²) in [6.07, 6.45) is 1.82. The third-order valence-corrected chi connectivity index (χ3v) is 4.55. The molecule has 0 bridgehead atoms. The van der Waals surface area contributed by atoms with Crippen LogP contribution in [0.25, 0.3) is 6.08 Å². The number of amidine groups is 1. The summed E-state index contributed by atoms with van der Waals surface area (Å²) in [5.74, 6) is 0.691. The molecule has 0 saturated carbocycles. The zero-order chi connectivity index (χ0) is 15.1. The van der Waals surface area contributed by atoms with E-state index in [4.69, 9.17) is 4.74 Å². The van der Waals surface area contributed by atoms with E-state index in [-0.39, 0.29) is 5.91 Å². The van der Waals surface area contributed by atoms with Gasteiger partial charge in [-0.2, -0.15) is 0 Å². The third-order valence-electron chi connectivity index (χ3n) is 3.54. The van der Waals surface area contributed by atoms with Crippen LogP contribution in [0.3, 0.4) is 0 Å². The standard InChI is InChI=1S/C17H12N2O2S/c1-21-12-7-8-14-15(10-12)22-17-18-13(16(20)19(14)17)9-11-5-3-2-4-6-11/h2-10H,1H3/b13-9-. The van der Waals surface area contributed by atoms with Crippen molar-refractivity contribution in [2.45, 2.75) is 4.90 Å². The zero-order valence-corrected chi connectivity index (χ0v) is 12.6. The second-order valence-corrected chi connectivity index (χ2v) is 5.92. The molecular weight excluding hydrogens is 296 g/mol. The number of methoxy groups -OCH3 is 1. The maximum absolute atomic E-state index is 12.6. The topological polar surface area (TPSA) is 41.9 Å². The number of amides is 1. The summed E-state index contributed by atoms with van der Waals surface area (Å²) >= 11 is 1.49. The fourth-order valence-electron chi connectivity index (χ4n) is 2.47. The highest BCUT2D eigenvalue weighted by Crippen LogP contribution is 2.45. The minimum absolute atomic E-state index is 0.0877. The maximum Gasteiger partial charge on any atom is 0.283 e. The Morgan fingerprint density at radius 2 is 2.00 bits per heavy atom. The van der Waals surface area contributed by atoms with Gasteiger partial charge in [0.25, 0.3) is 5.91 Å². The monoisotopic (exact) mass is 308 g/mol. The van der Waals surface area contributed by atoms with Gasteiger partial charge in [0.1, 0.15) is 11.4 Å². The predicted molar refractivity (Wildman–Crippen MR) is 88.2 cm³/mol. The smallest absolute Gasteiger partial charge is 0.283 e.